The number of hydrogen-bond donors (Lipinski definition) is 0. The van der Waals surface area contributed by atoms with Gasteiger partial charge in [0.25, 0.3) is 0 Å². The Labute approximate surface area is 138 Å². The molecule has 3 aromatic rings. The third-order valence-corrected chi connectivity index (χ3v) is 5.99. The van der Waals surface area contributed by atoms with Gasteiger partial charge in [0, 0.05) is 44.7 Å². The molecule has 0 aromatic carbocycles. The number of imidazole rings is 1. The lowest BCUT2D eigenvalue weighted by atomic mass is 10.1. The summed E-state index contributed by atoms with van der Waals surface area (Å²) < 4.78 is 3.55. The normalized spacial score (nSPS) is 11.4. The quantitative estimate of drug-likeness (QED) is 0.682. The molecule has 0 atom stereocenters. The van der Waals surface area contributed by atoms with E-state index in [-0.39, 0.29) is 5.69 Å². The van der Waals surface area contributed by atoms with Gasteiger partial charge in [0.2, 0.25) is 0 Å². The van der Waals surface area contributed by atoms with Crippen molar-refractivity contribution >= 4 is 22.7 Å². The van der Waals surface area contributed by atoms with Gasteiger partial charge in [-0.1, -0.05) is 0 Å². The molecule has 22 heavy (non-hydrogen) atoms. The third kappa shape index (κ3) is 2.20. The van der Waals surface area contributed by atoms with Crippen LogP contribution in [0.1, 0.15) is 19.5 Å². The van der Waals surface area contributed by atoms with Crippen LogP contribution in [0.5, 0.6) is 0 Å². The molecule has 0 aliphatic rings. The summed E-state index contributed by atoms with van der Waals surface area (Å²) in [5, 5.41) is 0. The summed E-state index contributed by atoms with van der Waals surface area (Å²) >= 11 is 3.56. The predicted octanol–water partition coefficient (Wildman–Crippen LogP) is 4.41. The molecule has 3 heterocycles. The number of nitrogens with zero attached hydrogens (tertiary/aromatic N) is 2. The molecule has 0 unspecified atom stereocenters. The standard InChI is InChI=1S/C17H20N2OS2/c1-9-7-13(11(3)21-9)15-16(19(6)17(20)18(15)5)14-8-10(2)22-12(14)4/h7-8H,1-6H3. The van der Waals surface area contributed by atoms with Crippen LogP contribution in [-0.4, -0.2) is 9.13 Å². The highest BCUT2D eigenvalue weighted by atomic mass is 32.1. The van der Waals surface area contributed by atoms with E-state index in [0.717, 1.165) is 11.4 Å². The van der Waals surface area contributed by atoms with E-state index in [1.54, 1.807) is 31.8 Å². The zero-order chi connectivity index (χ0) is 16.2. The van der Waals surface area contributed by atoms with Gasteiger partial charge in [-0.25, -0.2) is 4.79 Å². The monoisotopic (exact) mass is 332 g/mol. The maximum atomic E-state index is 12.5. The van der Waals surface area contributed by atoms with Crippen LogP contribution in [0.25, 0.3) is 22.5 Å². The Balaban J connectivity index is 2.41. The van der Waals surface area contributed by atoms with Crippen LogP contribution < -0.4 is 5.69 Å². The minimum absolute atomic E-state index is 0.0245. The summed E-state index contributed by atoms with van der Waals surface area (Å²) in [6, 6.07) is 4.37. The summed E-state index contributed by atoms with van der Waals surface area (Å²) in [6.07, 6.45) is 0. The third-order valence-electron chi connectivity index (χ3n) is 4.06. The first kappa shape index (κ1) is 15.3. The van der Waals surface area contributed by atoms with Gasteiger partial charge in [-0.3, -0.25) is 9.13 Å². The lowest BCUT2D eigenvalue weighted by molar-refractivity contribution is 0.780. The second-order valence-corrected chi connectivity index (χ2v) is 8.67. The molecule has 0 saturated heterocycles. The number of aryl methyl sites for hydroxylation is 4. The van der Waals surface area contributed by atoms with Gasteiger partial charge >= 0.3 is 5.69 Å². The Kier molecular flexibility index (Phi) is 3.65. The fourth-order valence-corrected chi connectivity index (χ4v) is 4.93. The van der Waals surface area contributed by atoms with Gasteiger partial charge in [-0.05, 0) is 39.8 Å². The van der Waals surface area contributed by atoms with Crippen molar-refractivity contribution in [2.75, 3.05) is 0 Å². The first-order valence-corrected chi connectivity index (χ1v) is 8.85. The highest BCUT2D eigenvalue weighted by molar-refractivity contribution is 7.12. The molecule has 0 bridgehead atoms. The van der Waals surface area contributed by atoms with Crippen molar-refractivity contribution in [2.45, 2.75) is 27.7 Å². The second kappa shape index (κ2) is 5.25. The lowest BCUT2D eigenvalue weighted by Crippen LogP contribution is -2.20. The molecule has 0 aliphatic carbocycles. The lowest BCUT2D eigenvalue weighted by Gasteiger charge is -2.07. The fraction of sp³-hybridized carbons (Fsp3) is 0.353. The first-order chi connectivity index (χ1) is 10.3. The smallest absolute Gasteiger partial charge is 0.294 e. The van der Waals surface area contributed by atoms with E-state index in [1.807, 2.05) is 14.1 Å². The van der Waals surface area contributed by atoms with Gasteiger partial charge < -0.3 is 0 Å². The Morgan fingerprint density at radius 2 is 1.14 bits per heavy atom. The van der Waals surface area contributed by atoms with Crippen molar-refractivity contribution in [3.8, 4) is 22.5 Å². The van der Waals surface area contributed by atoms with E-state index in [4.69, 9.17) is 0 Å². The minimum atomic E-state index is 0.0245. The number of thiophene rings is 2. The Bertz CT molecular complexity index is 849. The zero-order valence-electron chi connectivity index (χ0n) is 13.8. The fourth-order valence-electron chi connectivity index (χ4n) is 3.08. The molecule has 116 valence electrons. The van der Waals surface area contributed by atoms with Gasteiger partial charge in [0.05, 0.1) is 11.4 Å². The van der Waals surface area contributed by atoms with Crippen LogP contribution in [0.2, 0.25) is 0 Å². The molecule has 3 aromatic heterocycles. The van der Waals surface area contributed by atoms with E-state index in [1.165, 1.54) is 30.6 Å². The number of rotatable bonds is 2. The summed E-state index contributed by atoms with van der Waals surface area (Å²) in [7, 11) is 3.73. The van der Waals surface area contributed by atoms with Crippen LogP contribution in [-0.2, 0) is 14.1 Å². The van der Waals surface area contributed by atoms with Gasteiger partial charge in [0.1, 0.15) is 0 Å². The summed E-state index contributed by atoms with van der Waals surface area (Å²) in [5.74, 6) is 0. The van der Waals surface area contributed by atoms with Crippen molar-refractivity contribution in [3.05, 3.63) is 42.1 Å². The molecule has 3 nitrogen and oxygen atoms in total. The summed E-state index contributed by atoms with van der Waals surface area (Å²) in [4.78, 5) is 17.6. The van der Waals surface area contributed by atoms with Crippen molar-refractivity contribution in [3.63, 3.8) is 0 Å². The van der Waals surface area contributed by atoms with Crippen LogP contribution in [0.15, 0.2) is 16.9 Å². The average molecular weight is 332 g/mol. The summed E-state index contributed by atoms with van der Waals surface area (Å²) in [5.41, 5.74) is 4.41. The minimum Gasteiger partial charge on any atom is -0.294 e. The average Bonchev–Trinajstić information content (AvgIpc) is 3.01. The van der Waals surface area contributed by atoms with E-state index in [0.29, 0.717) is 0 Å². The molecule has 0 radical (unpaired) electrons. The molecule has 3 rings (SSSR count). The Hall–Kier alpha value is -1.59. The van der Waals surface area contributed by atoms with E-state index in [9.17, 15) is 4.79 Å². The van der Waals surface area contributed by atoms with Crippen LogP contribution in [0.3, 0.4) is 0 Å². The molecular weight excluding hydrogens is 312 g/mol. The first-order valence-electron chi connectivity index (χ1n) is 7.21. The molecule has 0 N–H and O–H groups in total. The molecular formula is C17H20N2OS2. The number of hydrogen-bond acceptors (Lipinski definition) is 3. The topological polar surface area (TPSA) is 26.9 Å². The van der Waals surface area contributed by atoms with Gasteiger partial charge in [0.15, 0.2) is 0 Å². The number of aromatic nitrogens is 2. The van der Waals surface area contributed by atoms with Crippen molar-refractivity contribution < 1.29 is 0 Å². The van der Waals surface area contributed by atoms with E-state index < -0.39 is 0 Å². The predicted molar refractivity (Wildman–Crippen MR) is 96.2 cm³/mol. The maximum Gasteiger partial charge on any atom is 0.328 e. The SMILES string of the molecule is Cc1cc(-c2c(-c3cc(C)sc3C)n(C)c(=O)n2C)c(C)s1. The highest BCUT2D eigenvalue weighted by Crippen LogP contribution is 2.39. The Morgan fingerprint density at radius 3 is 1.41 bits per heavy atom. The van der Waals surface area contributed by atoms with Crippen LogP contribution >= 0.6 is 22.7 Å². The highest BCUT2D eigenvalue weighted by Gasteiger charge is 2.23. The van der Waals surface area contributed by atoms with Crippen molar-refractivity contribution in [1.29, 1.82) is 0 Å². The Morgan fingerprint density at radius 1 is 0.773 bits per heavy atom. The molecule has 0 spiro atoms. The van der Waals surface area contributed by atoms with Crippen LogP contribution in [0.4, 0.5) is 0 Å². The second-order valence-electron chi connectivity index (χ2n) is 5.75. The molecule has 5 heteroatoms. The van der Waals surface area contributed by atoms with E-state index >= 15 is 0 Å². The molecule has 0 saturated carbocycles. The van der Waals surface area contributed by atoms with Crippen molar-refractivity contribution in [2.24, 2.45) is 14.1 Å². The van der Waals surface area contributed by atoms with Crippen LogP contribution in [0, 0.1) is 27.7 Å². The molecule has 0 fully saturated rings. The van der Waals surface area contributed by atoms with Crippen molar-refractivity contribution in [1.82, 2.24) is 9.13 Å². The van der Waals surface area contributed by atoms with Gasteiger partial charge in [-0.2, -0.15) is 0 Å². The largest absolute Gasteiger partial charge is 0.328 e. The summed E-state index contributed by atoms with van der Waals surface area (Å²) in [6.45, 7) is 8.48. The molecule has 0 amide bonds. The maximum absolute atomic E-state index is 12.5. The molecule has 0 aliphatic heterocycles. The zero-order valence-corrected chi connectivity index (χ0v) is 15.4. The van der Waals surface area contributed by atoms with Gasteiger partial charge in [-0.15, -0.1) is 22.7 Å². The van der Waals surface area contributed by atoms with E-state index in [2.05, 4.69) is 39.8 Å².